The van der Waals surface area contributed by atoms with Crippen molar-refractivity contribution in [1.29, 1.82) is 0 Å². The van der Waals surface area contributed by atoms with E-state index in [2.05, 4.69) is 40.3 Å². The maximum absolute atomic E-state index is 12.2. The van der Waals surface area contributed by atoms with E-state index in [4.69, 9.17) is 11.6 Å². The van der Waals surface area contributed by atoms with Crippen molar-refractivity contribution >= 4 is 44.8 Å². The van der Waals surface area contributed by atoms with Gasteiger partial charge in [-0.05, 0) is 44.2 Å². The number of thiophene rings is 1. The van der Waals surface area contributed by atoms with Crippen LogP contribution in [0.1, 0.15) is 27.0 Å². The Hall–Kier alpha value is -0.840. The summed E-state index contributed by atoms with van der Waals surface area (Å²) in [5.41, 5.74) is 0.568. The fourth-order valence-electron chi connectivity index (χ4n) is 1.94. The van der Waals surface area contributed by atoms with Gasteiger partial charge < -0.3 is 5.32 Å². The van der Waals surface area contributed by atoms with E-state index in [-0.39, 0.29) is 11.9 Å². The van der Waals surface area contributed by atoms with E-state index >= 15 is 0 Å². The van der Waals surface area contributed by atoms with Crippen molar-refractivity contribution in [3.63, 3.8) is 0 Å². The van der Waals surface area contributed by atoms with E-state index in [1.54, 1.807) is 29.5 Å². The van der Waals surface area contributed by atoms with Crippen LogP contribution in [0.5, 0.6) is 0 Å². The summed E-state index contributed by atoms with van der Waals surface area (Å²) in [4.78, 5) is 14.7. The normalized spacial score (nSPS) is 12.2. The van der Waals surface area contributed by atoms with Crippen LogP contribution in [0, 0.1) is 6.92 Å². The molecule has 1 heterocycles. The Morgan fingerprint density at radius 3 is 2.75 bits per heavy atom. The molecule has 0 spiro atoms. The molecule has 0 bridgehead atoms. The Bertz CT molecular complexity index is 606. The summed E-state index contributed by atoms with van der Waals surface area (Å²) < 4.78 is 0.802. The molecule has 1 aromatic heterocycles. The van der Waals surface area contributed by atoms with Crippen LogP contribution < -0.4 is 5.32 Å². The second-order valence-electron chi connectivity index (χ2n) is 4.75. The highest BCUT2D eigenvalue weighted by Gasteiger charge is 2.12. The predicted molar refractivity (Wildman–Crippen MR) is 88.8 cm³/mol. The Morgan fingerprint density at radius 2 is 2.15 bits per heavy atom. The molecule has 0 aliphatic heterocycles. The predicted octanol–water partition coefficient (Wildman–Crippen LogP) is 4.83. The van der Waals surface area contributed by atoms with Gasteiger partial charge in [0.2, 0.25) is 0 Å². The van der Waals surface area contributed by atoms with Gasteiger partial charge >= 0.3 is 0 Å². The van der Waals surface area contributed by atoms with E-state index in [9.17, 15) is 4.79 Å². The minimum atomic E-state index is -0.103. The van der Waals surface area contributed by atoms with Crippen LogP contribution in [0.15, 0.2) is 34.8 Å². The van der Waals surface area contributed by atoms with Gasteiger partial charge in [0.15, 0.2) is 0 Å². The summed E-state index contributed by atoms with van der Waals surface area (Å²) in [6.07, 6.45) is 0.839. The molecule has 106 valence electrons. The lowest BCUT2D eigenvalue weighted by atomic mass is 10.1. The molecule has 0 fully saturated rings. The number of halogens is 2. The molecular formula is C15H15BrClNOS. The smallest absolute Gasteiger partial charge is 0.251 e. The Balaban J connectivity index is 2.00. The number of amides is 1. The monoisotopic (exact) mass is 371 g/mol. The summed E-state index contributed by atoms with van der Waals surface area (Å²) >= 11 is 11.1. The van der Waals surface area contributed by atoms with Crippen molar-refractivity contribution in [2.45, 2.75) is 26.3 Å². The standard InChI is InChI=1S/C15H15BrClNOS/c1-9(5-14-4-3-10(2)20-14)18-15(19)11-6-12(16)8-13(17)7-11/h3-4,6-9H,5H2,1-2H3,(H,18,19). The fourth-order valence-corrected chi connectivity index (χ4v) is 3.82. The lowest BCUT2D eigenvalue weighted by Gasteiger charge is -2.13. The van der Waals surface area contributed by atoms with Gasteiger partial charge in [-0.15, -0.1) is 11.3 Å². The lowest BCUT2D eigenvalue weighted by Crippen LogP contribution is -2.33. The van der Waals surface area contributed by atoms with Crippen LogP contribution in [-0.4, -0.2) is 11.9 Å². The van der Waals surface area contributed by atoms with Crippen molar-refractivity contribution < 1.29 is 4.79 Å². The first-order valence-corrected chi connectivity index (χ1v) is 8.25. The molecule has 2 nitrogen and oxygen atoms in total. The fraction of sp³-hybridized carbons (Fsp3) is 0.267. The first-order chi connectivity index (χ1) is 9.44. The van der Waals surface area contributed by atoms with Gasteiger partial charge in [0, 0.05) is 37.3 Å². The van der Waals surface area contributed by atoms with Gasteiger partial charge in [-0.2, -0.15) is 0 Å². The maximum Gasteiger partial charge on any atom is 0.251 e. The van der Waals surface area contributed by atoms with E-state index in [0.717, 1.165) is 10.9 Å². The van der Waals surface area contributed by atoms with Crippen molar-refractivity contribution in [2.24, 2.45) is 0 Å². The number of carbonyl (C=O) groups excluding carboxylic acids is 1. The van der Waals surface area contributed by atoms with Crippen LogP contribution in [0.25, 0.3) is 0 Å². The topological polar surface area (TPSA) is 29.1 Å². The molecule has 1 unspecified atom stereocenters. The molecule has 0 radical (unpaired) electrons. The molecule has 1 N–H and O–H groups in total. The molecule has 5 heteroatoms. The van der Waals surface area contributed by atoms with E-state index in [1.807, 2.05) is 6.92 Å². The molecule has 0 saturated carbocycles. The third kappa shape index (κ3) is 4.33. The van der Waals surface area contributed by atoms with Crippen LogP contribution in [0.4, 0.5) is 0 Å². The first-order valence-electron chi connectivity index (χ1n) is 6.26. The van der Waals surface area contributed by atoms with Gasteiger partial charge in [-0.1, -0.05) is 27.5 Å². The number of hydrogen-bond acceptors (Lipinski definition) is 2. The van der Waals surface area contributed by atoms with Gasteiger partial charge in [0.25, 0.3) is 5.91 Å². The number of benzene rings is 1. The molecule has 0 aliphatic rings. The number of nitrogens with one attached hydrogen (secondary N) is 1. The van der Waals surface area contributed by atoms with E-state index in [1.165, 1.54) is 9.75 Å². The van der Waals surface area contributed by atoms with Crippen molar-refractivity contribution in [3.05, 3.63) is 55.1 Å². The van der Waals surface area contributed by atoms with Crippen molar-refractivity contribution in [1.82, 2.24) is 5.32 Å². The van der Waals surface area contributed by atoms with Gasteiger partial charge in [0.1, 0.15) is 0 Å². The maximum atomic E-state index is 12.2. The Labute approximate surface area is 136 Å². The SMILES string of the molecule is Cc1ccc(CC(C)NC(=O)c2cc(Cl)cc(Br)c2)s1. The second kappa shape index (κ2) is 6.74. The number of hydrogen-bond donors (Lipinski definition) is 1. The number of carbonyl (C=O) groups is 1. The zero-order chi connectivity index (χ0) is 14.7. The number of rotatable bonds is 4. The van der Waals surface area contributed by atoms with Crippen LogP contribution in [-0.2, 0) is 6.42 Å². The molecule has 0 saturated heterocycles. The number of aryl methyl sites for hydroxylation is 1. The minimum Gasteiger partial charge on any atom is -0.349 e. The zero-order valence-corrected chi connectivity index (χ0v) is 14.4. The molecule has 2 rings (SSSR count). The van der Waals surface area contributed by atoms with E-state index < -0.39 is 0 Å². The van der Waals surface area contributed by atoms with Gasteiger partial charge in [-0.3, -0.25) is 4.79 Å². The highest BCUT2D eigenvalue weighted by molar-refractivity contribution is 9.10. The molecule has 0 aliphatic carbocycles. The summed E-state index contributed by atoms with van der Waals surface area (Å²) in [5, 5.41) is 3.54. The average Bonchev–Trinajstić information content (AvgIpc) is 2.73. The zero-order valence-electron chi connectivity index (χ0n) is 11.2. The van der Waals surface area contributed by atoms with Crippen molar-refractivity contribution in [2.75, 3.05) is 0 Å². The van der Waals surface area contributed by atoms with Crippen LogP contribution in [0.2, 0.25) is 5.02 Å². The van der Waals surface area contributed by atoms with Crippen LogP contribution in [0.3, 0.4) is 0 Å². The molecule has 1 atom stereocenters. The summed E-state index contributed by atoms with van der Waals surface area (Å²) in [6.45, 7) is 4.09. The van der Waals surface area contributed by atoms with Gasteiger partial charge in [0.05, 0.1) is 0 Å². The Kier molecular flexibility index (Phi) is 5.24. The van der Waals surface area contributed by atoms with Gasteiger partial charge in [-0.25, -0.2) is 0 Å². The van der Waals surface area contributed by atoms with Crippen molar-refractivity contribution in [3.8, 4) is 0 Å². The van der Waals surface area contributed by atoms with Crippen LogP contribution >= 0.6 is 38.9 Å². The minimum absolute atomic E-state index is 0.0818. The quantitative estimate of drug-likeness (QED) is 0.818. The lowest BCUT2D eigenvalue weighted by molar-refractivity contribution is 0.0940. The molecular weight excluding hydrogens is 358 g/mol. The molecule has 2 aromatic rings. The molecule has 1 aromatic carbocycles. The van der Waals surface area contributed by atoms with E-state index in [0.29, 0.717) is 10.6 Å². The highest BCUT2D eigenvalue weighted by atomic mass is 79.9. The third-order valence-electron chi connectivity index (χ3n) is 2.81. The summed E-state index contributed by atoms with van der Waals surface area (Å²) in [6, 6.07) is 9.49. The largest absolute Gasteiger partial charge is 0.349 e. The molecule has 1 amide bonds. The average molecular weight is 373 g/mol. The highest BCUT2D eigenvalue weighted by Crippen LogP contribution is 2.20. The summed E-state index contributed by atoms with van der Waals surface area (Å²) in [7, 11) is 0. The molecule has 20 heavy (non-hydrogen) atoms. The Morgan fingerprint density at radius 1 is 1.40 bits per heavy atom. The second-order valence-corrected chi connectivity index (χ2v) is 7.47. The summed E-state index contributed by atoms with van der Waals surface area (Å²) in [5.74, 6) is -0.103. The first kappa shape index (κ1) is 15.5. The third-order valence-corrected chi connectivity index (χ3v) is 4.50.